The summed E-state index contributed by atoms with van der Waals surface area (Å²) in [6.07, 6.45) is 0.176. The Morgan fingerprint density at radius 3 is 2.81 bits per heavy atom. The maximum Gasteiger partial charge on any atom is 0.258 e. The van der Waals surface area contributed by atoms with Crippen LogP contribution >= 0.6 is 0 Å². The van der Waals surface area contributed by atoms with E-state index in [0.717, 1.165) is 0 Å². The molecule has 1 unspecified atom stereocenters. The quantitative estimate of drug-likeness (QED) is 0.702. The Morgan fingerprint density at radius 2 is 2.07 bits per heavy atom. The highest BCUT2D eigenvalue weighted by molar-refractivity contribution is 5.96. The zero-order valence-electron chi connectivity index (χ0n) is 14.4. The Kier molecular flexibility index (Phi) is 4.31. The molecule has 4 rings (SSSR count). The number of carbonyl (C=O) groups is 1. The third-order valence-electron chi connectivity index (χ3n) is 4.45. The van der Waals surface area contributed by atoms with Crippen LogP contribution in [0.3, 0.4) is 0 Å². The minimum atomic E-state index is -0.542. The molecule has 0 radical (unpaired) electrons. The largest absolute Gasteiger partial charge is 0.494 e. The molecule has 1 aliphatic heterocycles. The Labute approximate surface area is 153 Å². The van der Waals surface area contributed by atoms with E-state index in [1.54, 1.807) is 18.2 Å². The molecule has 1 amide bonds. The normalized spacial score (nSPS) is 16.8. The number of hydrogen-bond acceptors (Lipinski definition) is 5. The number of rotatable bonds is 4. The zero-order chi connectivity index (χ0) is 19.0. The molecule has 0 bridgehead atoms. The molecule has 0 spiro atoms. The SMILES string of the molecule is COc1ccc(N2CC(c3noc(-c4cccc(F)c4)n3)CC2=O)cc1F. The summed E-state index contributed by atoms with van der Waals surface area (Å²) in [5, 5.41) is 3.93. The van der Waals surface area contributed by atoms with Crippen molar-refractivity contribution in [1.29, 1.82) is 0 Å². The molecule has 1 saturated heterocycles. The van der Waals surface area contributed by atoms with E-state index in [0.29, 0.717) is 23.6 Å². The summed E-state index contributed by atoms with van der Waals surface area (Å²) in [5.74, 6) is -0.754. The molecule has 27 heavy (non-hydrogen) atoms. The topological polar surface area (TPSA) is 68.5 Å². The third kappa shape index (κ3) is 3.25. The number of ether oxygens (including phenoxy) is 1. The highest BCUT2D eigenvalue weighted by Crippen LogP contribution is 2.33. The minimum Gasteiger partial charge on any atom is -0.494 e. The van der Waals surface area contributed by atoms with Crippen LogP contribution in [0.2, 0.25) is 0 Å². The molecular weight excluding hydrogens is 356 g/mol. The summed E-state index contributed by atoms with van der Waals surface area (Å²) in [6, 6.07) is 10.2. The standard InChI is InChI=1S/C19H15F2N3O3/c1-26-16-6-5-14(9-15(16)21)24-10-12(8-17(24)25)18-22-19(27-23-18)11-3-2-4-13(20)7-11/h2-7,9,12H,8,10H2,1H3. The van der Waals surface area contributed by atoms with Crippen LogP contribution in [0, 0.1) is 11.6 Å². The first kappa shape index (κ1) is 17.1. The van der Waals surface area contributed by atoms with Gasteiger partial charge in [-0.1, -0.05) is 11.2 Å². The van der Waals surface area contributed by atoms with Crippen LogP contribution in [0.15, 0.2) is 47.0 Å². The second-order valence-electron chi connectivity index (χ2n) is 6.19. The molecule has 138 valence electrons. The number of amides is 1. The van der Waals surface area contributed by atoms with Gasteiger partial charge in [0.1, 0.15) is 5.82 Å². The summed E-state index contributed by atoms with van der Waals surface area (Å²) in [7, 11) is 1.38. The van der Waals surface area contributed by atoms with E-state index in [4.69, 9.17) is 9.26 Å². The maximum absolute atomic E-state index is 13.9. The number of hydrogen-bond donors (Lipinski definition) is 0. The average molecular weight is 371 g/mol. The van der Waals surface area contributed by atoms with Crippen LogP contribution in [0.4, 0.5) is 14.5 Å². The van der Waals surface area contributed by atoms with Gasteiger partial charge in [-0.15, -0.1) is 0 Å². The summed E-state index contributed by atoms with van der Waals surface area (Å²) >= 11 is 0. The number of methoxy groups -OCH3 is 1. The summed E-state index contributed by atoms with van der Waals surface area (Å²) < 4.78 is 37.4. The average Bonchev–Trinajstić information content (AvgIpc) is 3.28. The molecule has 0 saturated carbocycles. The molecule has 1 aliphatic rings. The van der Waals surface area contributed by atoms with Crippen LogP contribution in [0.1, 0.15) is 18.2 Å². The van der Waals surface area contributed by atoms with Crippen molar-refractivity contribution in [2.24, 2.45) is 0 Å². The van der Waals surface area contributed by atoms with Crippen LogP contribution < -0.4 is 9.64 Å². The Bertz CT molecular complexity index is 1010. The highest BCUT2D eigenvalue weighted by Gasteiger charge is 2.35. The number of aromatic nitrogens is 2. The molecule has 1 fully saturated rings. The second-order valence-corrected chi connectivity index (χ2v) is 6.19. The van der Waals surface area contributed by atoms with Crippen molar-refractivity contribution in [3.63, 3.8) is 0 Å². The molecule has 0 N–H and O–H groups in total. The number of benzene rings is 2. The van der Waals surface area contributed by atoms with Crippen LogP contribution in [0.5, 0.6) is 5.75 Å². The summed E-state index contributed by atoms with van der Waals surface area (Å²) in [5.41, 5.74) is 0.904. The predicted molar refractivity (Wildman–Crippen MR) is 92.4 cm³/mol. The van der Waals surface area contributed by atoms with E-state index >= 15 is 0 Å². The first-order valence-corrected chi connectivity index (χ1v) is 8.28. The lowest BCUT2D eigenvalue weighted by Crippen LogP contribution is -2.24. The lowest BCUT2D eigenvalue weighted by Gasteiger charge is -2.16. The number of halogens is 2. The fourth-order valence-electron chi connectivity index (χ4n) is 3.09. The second kappa shape index (κ2) is 6.79. The van der Waals surface area contributed by atoms with Gasteiger partial charge in [-0.25, -0.2) is 8.78 Å². The van der Waals surface area contributed by atoms with Crippen molar-refractivity contribution in [2.75, 3.05) is 18.6 Å². The van der Waals surface area contributed by atoms with E-state index in [1.807, 2.05) is 0 Å². The molecule has 6 nitrogen and oxygen atoms in total. The summed E-state index contributed by atoms with van der Waals surface area (Å²) in [6.45, 7) is 0.298. The van der Waals surface area contributed by atoms with Gasteiger partial charge in [-0.2, -0.15) is 4.98 Å². The van der Waals surface area contributed by atoms with Crippen molar-refractivity contribution >= 4 is 11.6 Å². The molecule has 2 heterocycles. The molecule has 0 aliphatic carbocycles. The monoisotopic (exact) mass is 371 g/mol. The predicted octanol–water partition coefficient (Wildman–Crippen LogP) is 3.54. The van der Waals surface area contributed by atoms with Gasteiger partial charge in [0.05, 0.1) is 7.11 Å². The number of carbonyl (C=O) groups excluding carboxylic acids is 1. The first-order valence-electron chi connectivity index (χ1n) is 8.28. The van der Waals surface area contributed by atoms with Crippen molar-refractivity contribution in [3.8, 4) is 17.2 Å². The lowest BCUT2D eigenvalue weighted by atomic mass is 10.1. The van der Waals surface area contributed by atoms with Crippen LogP contribution in [0.25, 0.3) is 11.5 Å². The van der Waals surface area contributed by atoms with Gasteiger partial charge >= 0.3 is 0 Å². The molecule has 1 atom stereocenters. The van der Waals surface area contributed by atoms with Gasteiger partial charge in [0.15, 0.2) is 17.4 Å². The fraction of sp³-hybridized carbons (Fsp3) is 0.211. The highest BCUT2D eigenvalue weighted by atomic mass is 19.1. The van der Waals surface area contributed by atoms with E-state index in [-0.39, 0.29) is 29.9 Å². The molecule has 8 heteroatoms. The Hall–Kier alpha value is -3.29. The lowest BCUT2D eigenvalue weighted by molar-refractivity contribution is -0.117. The Morgan fingerprint density at radius 1 is 1.22 bits per heavy atom. The zero-order valence-corrected chi connectivity index (χ0v) is 14.4. The number of nitrogens with zero attached hydrogens (tertiary/aromatic N) is 3. The van der Waals surface area contributed by atoms with Gasteiger partial charge in [-0.05, 0) is 30.3 Å². The van der Waals surface area contributed by atoms with E-state index < -0.39 is 11.6 Å². The van der Waals surface area contributed by atoms with E-state index in [9.17, 15) is 13.6 Å². The van der Waals surface area contributed by atoms with Gasteiger partial charge < -0.3 is 14.2 Å². The van der Waals surface area contributed by atoms with Gasteiger partial charge in [-0.3, -0.25) is 4.79 Å². The Balaban J connectivity index is 1.55. The molecule has 1 aromatic heterocycles. The minimum absolute atomic E-state index is 0.111. The first-order chi connectivity index (χ1) is 13.0. The summed E-state index contributed by atoms with van der Waals surface area (Å²) in [4.78, 5) is 18.2. The third-order valence-corrected chi connectivity index (χ3v) is 4.45. The van der Waals surface area contributed by atoms with Crippen LogP contribution in [-0.4, -0.2) is 29.7 Å². The molecule has 2 aromatic carbocycles. The number of anilines is 1. The van der Waals surface area contributed by atoms with Crippen LogP contribution in [-0.2, 0) is 4.79 Å². The van der Waals surface area contributed by atoms with Gasteiger partial charge in [0.2, 0.25) is 5.91 Å². The molecular formula is C19H15F2N3O3. The molecule has 3 aromatic rings. The maximum atomic E-state index is 13.9. The fourth-order valence-corrected chi connectivity index (χ4v) is 3.09. The van der Waals surface area contributed by atoms with E-state index in [2.05, 4.69) is 10.1 Å². The van der Waals surface area contributed by atoms with Crippen molar-refractivity contribution < 1.29 is 22.8 Å². The van der Waals surface area contributed by atoms with Crippen molar-refractivity contribution in [1.82, 2.24) is 10.1 Å². The van der Waals surface area contributed by atoms with Crippen molar-refractivity contribution in [2.45, 2.75) is 12.3 Å². The van der Waals surface area contributed by atoms with Gasteiger partial charge in [0.25, 0.3) is 5.89 Å². The smallest absolute Gasteiger partial charge is 0.258 e. The van der Waals surface area contributed by atoms with E-state index in [1.165, 1.54) is 36.3 Å². The van der Waals surface area contributed by atoms with Crippen molar-refractivity contribution in [3.05, 3.63) is 59.9 Å². The van der Waals surface area contributed by atoms with Gasteiger partial charge in [0, 0.05) is 36.2 Å².